The second kappa shape index (κ2) is 14.6. The fraction of sp³-hybridized carbons (Fsp3) is 0.283. The van der Waals surface area contributed by atoms with Crippen molar-refractivity contribution in [2.45, 2.75) is 37.8 Å². The van der Waals surface area contributed by atoms with Crippen LogP contribution >= 0.6 is 0 Å². The van der Waals surface area contributed by atoms with Crippen molar-refractivity contribution in [2.75, 3.05) is 53.6 Å². The maximum Gasteiger partial charge on any atom is 0.265 e. The number of amides is 1. The highest BCUT2D eigenvalue weighted by molar-refractivity contribution is 6.04. The Morgan fingerprint density at radius 1 is 0.714 bits per heavy atom. The van der Waals surface area contributed by atoms with Crippen molar-refractivity contribution >= 4 is 17.7 Å². The average Bonchev–Trinajstić information content (AvgIpc) is 3.22. The molecule has 10 heteroatoms. The minimum Gasteiger partial charge on any atom is -0.493 e. The molecule has 2 atom stereocenters. The lowest BCUT2D eigenvalue weighted by atomic mass is 9.85. The lowest BCUT2D eigenvalue weighted by Gasteiger charge is -2.48. The van der Waals surface area contributed by atoms with E-state index in [1.807, 2.05) is 66.7 Å². The number of carbonyl (C=O) groups is 1. The number of hydrogen-bond donors (Lipinski definition) is 0. The van der Waals surface area contributed by atoms with Crippen LogP contribution in [-0.2, 0) is 30.5 Å². The third-order valence-electron chi connectivity index (χ3n) is 11.6. The predicted molar refractivity (Wildman–Crippen MR) is 215 cm³/mol. The Balaban J connectivity index is 1.28. The zero-order valence-corrected chi connectivity index (χ0v) is 32.3. The standard InChI is InChI=1S/C46H45N3O7/c1-47-19-17-30-23-38(51-2)41-26-34(30)36(47)21-29-11-14-33(15-12-29)55-40-25-32-22-37-44-31(24-42(53-4)45(54-5)46(44)56-41)18-20-48(37)49(35(32)27-39(40)52-3)43(50)16-13-28-9-7-6-8-10-28/h6-16,23-27,36-37H,17-22H2,1-5H3/b16-13+/t36-,37-/m0/s1. The van der Waals surface area contributed by atoms with Gasteiger partial charge in [0.1, 0.15) is 5.75 Å². The average molecular weight is 752 g/mol. The van der Waals surface area contributed by atoms with Gasteiger partial charge in [-0.3, -0.25) is 9.69 Å². The summed E-state index contributed by atoms with van der Waals surface area (Å²) >= 11 is 0. The van der Waals surface area contributed by atoms with Gasteiger partial charge in [0.2, 0.25) is 5.75 Å². The molecule has 0 spiro atoms. The zero-order chi connectivity index (χ0) is 38.5. The van der Waals surface area contributed by atoms with Gasteiger partial charge in [0, 0.05) is 36.8 Å². The molecule has 56 heavy (non-hydrogen) atoms. The van der Waals surface area contributed by atoms with E-state index >= 15 is 0 Å². The van der Waals surface area contributed by atoms with E-state index in [0.29, 0.717) is 65.4 Å². The fourth-order valence-electron chi connectivity index (χ4n) is 8.77. The first kappa shape index (κ1) is 35.7. The molecule has 7 bridgehead atoms. The Bertz CT molecular complexity index is 2340. The summed E-state index contributed by atoms with van der Waals surface area (Å²) in [5, 5.41) is 3.93. The monoisotopic (exact) mass is 751 g/mol. The van der Waals surface area contributed by atoms with E-state index in [0.717, 1.165) is 47.3 Å². The normalized spacial score (nSPS) is 18.5. The highest BCUT2D eigenvalue weighted by Gasteiger charge is 2.43. The molecule has 1 amide bonds. The number of anilines is 1. The summed E-state index contributed by atoms with van der Waals surface area (Å²) in [5.74, 6) is 4.42. The van der Waals surface area contributed by atoms with Gasteiger partial charge in [0.05, 0.1) is 40.2 Å². The minimum atomic E-state index is -0.322. The molecule has 10 nitrogen and oxygen atoms in total. The lowest BCUT2D eigenvalue weighted by molar-refractivity contribution is -0.118. The third-order valence-corrected chi connectivity index (χ3v) is 11.6. The van der Waals surface area contributed by atoms with E-state index in [4.69, 9.17) is 28.4 Å². The first-order valence-electron chi connectivity index (χ1n) is 19.1. The van der Waals surface area contributed by atoms with E-state index in [-0.39, 0.29) is 18.0 Å². The number of fused-ring (bicyclic) bond motifs is 2. The number of ether oxygens (including phenoxy) is 6. The summed E-state index contributed by atoms with van der Waals surface area (Å²) in [7, 11) is 8.76. The molecule has 5 aromatic carbocycles. The first-order chi connectivity index (χ1) is 27.4. The van der Waals surface area contributed by atoms with Crippen LogP contribution in [0.2, 0.25) is 0 Å². The van der Waals surface area contributed by atoms with E-state index in [9.17, 15) is 4.79 Å². The largest absolute Gasteiger partial charge is 0.493 e. The van der Waals surface area contributed by atoms with E-state index in [1.54, 1.807) is 39.5 Å². The number of carbonyl (C=O) groups excluding carboxylic acids is 1. The van der Waals surface area contributed by atoms with Crippen LogP contribution in [0.15, 0.2) is 91.0 Å². The highest BCUT2D eigenvalue weighted by atomic mass is 16.5. The van der Waals surface area contributed by atoms with E-state index < -0.39 is 0 Å². The number of nitrogens with zero attached hydrogens (tertiary/aromatic N) is 3. The maximum atomic E-state index is 14.6. The summed E-state index contributed by atoms with van der Waals surface area (Å²) in [6.07, 6.45) is 6.35. The van der Waals surface area contributed by atoms with Crippen molar-refractivity contribution in [3.8, 4) is 46.0 Å². The SMILES string of the molecule is COc1cc2c3cc1Oc1ccc(cc1)C[C@H]1c4cc(c(OC)cc4CCN1C)Oc1c(OC)c(OC)cc4c1[C@H](C3)N(CC4)N2C(=O)/C=C/c1ccccc1. The molecule has 0 N–H and O–H groups in total. The quantitative estimate of drug-likeness (QED) is 0.159. The summed E-state index contributed by atoms with van der Waals surface area (Å²) in [5.41, 5.74) is 8.18. The van der Waals surface area contributed by atoms with Crippen LogP contribution in [-0.4, -0.2) is 64.4 Å². The second-order valence-corrected chi connectivity index (χ2v) is 14.7. The van der Waals surface area contributed by atoms with Crippen molar-refractivity contribution in [1.82, 2.24) is 9.91 Å². The minimum absolute atomic E-state index is 0.103. The summed E-state index contributed by atoms with van der Waals surface area (Å²) in [6, 6.07) is 28.1. The Morgan fingerprint density at radius 2 is 1.43 bits per heavy atom. The number of likely N-dealkylation sites (N-methyl/N-ethyl adjacent to an activating group) is 1. The van der Waals surface area contributed by atoms with Crippen LogP contribution in [0.4, 0.5) is 5.69 Å². The Morgan fingerprint density at radius 3 is 2.18 bits per heavy atom. The second-order valence-electron chi connectivity index (χ2n) is 14.7. The molecule has 5 aromatic rings. The third kappa shape index (κ3) is 6.19. The van der Waals surface area contributed by atoms with Crippen LogP contribution in [0.1, 0.15) is 51.0 Å². The molecule has 5 heterocycles. The zero-order valence-electron chi connectivity index (χ0n) is 32.3. The van der Waals surface area contributed by atoms with E-state index in [1.165, 1.54) is 16.7 Å². The van der Waals surface area contributed by atoms with Crippen molar-refractivity contribution in [3.05, 3.63) is 130 Å². The summed E-state index contributed by atoms with van der Waals surface area (Å²) in [4.78, 5) is 17.0. The molecule has 0 fully saturated rings. The Hall–Kier alpha value is -5.97. The number of benzene rings is 5. The van der Waals surface area contributed by atoms with Crippen LogP contribution in [0, 0.1) is 0 Å². The van der Waals surface area contributed by atoms with Crippen LogP contribution in [0.25, 0.3) is 6.08 Å². The molecule has 286 valence electrons. The van der Waals surface area contributed by atoms with Gasteiger partial charge in [-0.15, -0.1) is 0 Å². The summed E-state index contributed by atoms with van der Waals surface area (Å²) in [6.45, 7) is 1.49. The Kier molecular flexibility index (Phi) is 9.31. The number of hydrogen-bond acceptors (Lipinski definition) is 9. The van der Waals surface area contributed by atoms with Crippen molar-refractivity contribution in [1.29, 1.82) is 0 Å². The van der Waals surface area contributed by atoms with Gasteiger partial charge in [-0.25, -0.2) is 10.0 Å². The van der Waals surface area contributed by atoms with Gasteiger partial charge in [-0.2, -0.15) is 0 Å². The number of rotatable bonds is 6. The Labute approximate surface area is 327 Å². The summed E-state index contributed by atoms with van der Waals surface area (Å²) < 4.78 is 37.8. The van der Waals surface area contributed by atoms with Crippen molar-refractivity contribution in [2.24, 2.45) is 0 Å². The first-order valence-corrected chi connectivity index (χ1v) is 19.1. The molecule has 0 saturated heterocycles. The van der Waals surface area contributed by atoms with Crippen LogP contribution < -0.4 is 33.4 Å². The molecule has 0 radical (unpaired) electrons. The molecular formula is C46H45N3O7. The smallest absolute Gasteiger partial charge is 0.265 e. The van der Waals surface area contributed by atoms with Crippen molar-refractivity contribution in [3.63, 3.8) is 0 Å². The van der Waals surface area contributed by atoms with Gasteiger partial charge >= 0.3 is 0 Å². The van der Waals surface area contributed by atoms with Crippen LogP contribution in [0.3, 0.4) is 0 Å². The molecule has 5 aliphatic rings. The molecule has 0 unspecified atom stereocenters. The molecule has 0 aromatic heterocycles. The molecule has 10 rings (SSSR count). The molecule has 5 aliphatic heterocycles. The molecular weight excluding hydrogens is 707 g/mol. The van der Waals surface area contributed by atoms with Gasteiger partial charge in [-0.05, 0) is 109 Å². The van der Waals surface area contributed by atoms with E-state index in [2.05, 4.69) is 41.2 Å². The van der Waals surface area contributed by atoms with Gasteiger partial charge in [0.25, 0.3) is 5.91 Å². The van der Waals surface area contributed by atoms with Gasteiger partial charge in [-0.1, -0.05) is 42.5 Å². The fourth-order valence-corrected chi connectivity index (χ4v) is 8.77. The lowest BCUT2D eigenvalue weighted by Crippen LogP contribution is -2.54. The molecule has 0 saturated carbocycles. The molecule has 0 aliphatic carbocycles. The number of methoxy groups -OCH3 is 4. The van der Waals surface area contributed by atoms with Crippen molar-refractivity contribution < 1.29 is 33.2 Å². The maximum absolute atomic E-state index is 14.6. The van der Waals surface area contributed by atoms with Crippen LogP contribution in [0.5, 0.6) is 46.0 Å². The highest BCUT2D eigenvalue weighted by Crippen LogP contribution is 2.54. The van der Waals surface area contributed by atoms with Gasteiger partial charge < -0.3 is 28.4 Å². The number of hydrazine groups is 1. The predicted octanol–water partition coefficient (Wildman–Crippen LogP) is 8.51. The topological polar surface area (TPSA) is 82.2 Å². The van der Waals surface area contributed by atoms with Gasteiger partial charge in [0.15, 0.2) is 34.5 Å².